The average molecular weight is 895 g/mol. The van der Waals surface area contributed by atoms with Crippen LogP contribution in [-0.4, -0.2) is 106 Å². The van der Waals surface area contributed by atoms with Crippen LogP contribution in [0.5, 0.6) is 0 Å². The zero-order valence-corrected chi connectivity index (χ0v) is 40.5. The molecule has 0 aliphatic heterocycles. The van der Waals surface area contributed by atoms with Crippen molar-refractivity contribution >= 4 is 29.7 Å². The Morgan fingerprint density at radius 1 is 0.540 bits per heavy atom. The van der Waals surface area contributed by atoms with E-state index in [2.05, 4.69) is 10.6 Å². The highest BCUT2D eigenvalue weighted by Crippen LogP contribution is 2.15. The van der Waals surface area contributed by atoms with Crippen molar-refractivity contribution in [1.82, 2.24) is 10.6 Å². The molecule has 0 aromatic heterocycles. The molecular weight excluding hydrogens is 809 g/mol. The van der Waals surface area contributed by atoms with E-state index >= 15 is 0 Å². The van der Waals surface area contributed by atoms with Crippen LogP contribution in [0, 0.1) is 0 Å². The van der Waals surface area contributed by atoms with Crippen LogP contribution in [0.15, 0.2) is 30.3 Å². The molecule has 0 aliphatic carbocycles. The zero-order valence-electron chi connectivity index (χ0n) is 40.5. The van der Waals surface area contributed by atoms with Crippen LogP contribution < -0.4 is 10.6 Å². The second-order valence-electron chi connectivity index (χ2n) is 17.4. The van der Waals surface area contributed by atoms with E-state index in [1.54, 1.807) is 27.7 Å². The van der Waals surface area contributed by atoms with Crippen molar-refractivity contribution in [2.45, 2.75) is 188 Å². The Morgan fingerprint density at radius 3 is 1.51 bits per heavy atom. The standard InChI is InChI=1S/C30H59NO7.C19H27NO5/c1-5-34-22-23-36-26-27-37-25-24-35-21-20-31-28(32)18-16-14-12-10-8-6-7-9-11-13-15-17-19-29(33)38-30(2,3)4;1-5-16(21)20-15(18(23)25-19(2,3)4)11-12-17(22)24-13-14-9-7-6-8-10-14/h5-27H2,1-4H3,(H,31,32);6-10,15H,5,11-13H2,1-4H3,(H,20,21). The summed E-state index contributed by atoms with van der Waals surface area (Å²) in [6, 6.07) is 8.46. The topological polar surface area (TPSA) is 174 Å². The molecule has 2 N–H and O–H groups in total. The third-order valence-electron chi connectivity index (χ3n) is 9.07. The number of benzene rings is 1. The minimum atomic E-state index is -0.865. The first-order valence-electron chi connectivity index (χ1n) is 23.6. The number of nitrogens with one attached hydrogen (secondary N) is 2. The molecule has 2 amide bonds. The molecule has 1 aromatic carbocycles. The highest BCUT2D eigenvalue weighted by molar-refractivity contribution is 5.85. The first kappa shape index (κ1) is 59.4. The second kappa shape index (κ2) is 38.8. The number of carbonyl (C=O) groups excluding carboxylic acids is 5. The number of hydrogen-bond acceptors (Lipinski definition) is 12. The Labute approximate surface area is 380 Å². The van der Waals surface area contributed by atoms with Gasteiger partial charge in [-0.25, -0.2) is 4.79 Å². The van der Waals surface area contributed by atoms with Gasteiger partial charge in [0.25, 0.3) is 0 Å². The maximum atomic E-state index is 12.2. The first-order valence-corrected chi connectivity index (χ1v) is 23.6. The molecule has 0 radical (unpaired) electrons. The third-order valence-corrected chi connectivity index (χ3v) is 9.07. The Hall–Kier alpha value is -3.59. The summed E-state index contributed by atoms with van der Waals surface area (Å²) in [5.74, 6) is -1.21. The van der Waals surface area contributed by atoms with Crippen molar-refractivity contribution in [3.63, 3.8) is 0 Å². The summed E-state index contributed by atoms with van der Waals surface area (Å²) < 4.78 is 37.3. The van der Waals surface area contributed by atoms with E-state index in [1.807, 2.05) is 58.0 Å². The molecule has 0 heterocycles. The van der Waals surface area contributed by atoms with Crippen molar-refractivity contribution in [3.8, 4) is 0 Å². The van der Waals surface area contributed by atoms with Gasteiger partial charge in [-0.3, -0.25) is 19.2 Å². The van der Waals surface area contributed by atoms with Crippen LogP contribution in [0.1, 0.15) is 170 Å². The van der Waals surface area contributed by atoms with Crippen LogP contribution in [0.25, 0.3) is 0 Å². The van der Waals surface area contributed by atoms with Gasteiger partial charge >= 0.3 is 17.9 Å². The summed E-state index contributed by atoms with van der Waals surface area (Å²) in [5, 5.41) is 5.51. The number of esters is 3. The SMILES string of the molecule is CCC(=O)NC(CCC(=O)OCc1ccccc1)C(=O)OC(C)(C)C.CCOCCOCCOCCOCCNC(=O)CCCCCCCCCCCCCCC(=O)OC(C)(C)C. The molecule has 1 atom stereocenters. The Kier molecular flexibility index (Phi) is 36.6. The summed E-state index contributed by atoms with van der Waals surface area (Å²) in [7, 11) is 0. The third kappa shape index (κ3) is 42.1. The summed E-state index contributed by atoms with van der Waals surface area (Å²) in [6.07, 6.45) is 15.7. The molecular formula is C49H86N2O12. The van der Waals surface area contributed by atoms with Crippen LogP contribution in [0.4, 0.5) is 0 Å². The fourth-order valence-electron chi connectivity index (χ4n) is 5.86. The molecule has 63 heavy (non-hydrogen) atoms. The van der Waals surface area contributed by atoms with Crippen molar-refractivity contribution in [2.75, 3.05) is 59.4 Å². The van der Waals surface area contributed by atoms with Gasteiger partial charge in [0.05, 0.1) is 46.2 Å². The Bertz CT molecular complexity index is 1310. The quantitative estimate of drug-likeness (QED) is 0.0373. The molecule has 0 saturated carbocycles. The molecule has 0 saturated heterocycles. The molecule has 1 aromatic rings. The molecule has 0 spiro atoms. The number of hydrogen-bond donors (Lipinski definition) is 2. The lowest BCUT2D eigenvalue weighted by atomic mass is 10.0. The minimum absolute atomic E-state index is 0.0146. The molecule has 14 heteroatoms. The summed E-state index contributed by atoms with van der Waals surface area (Å²) in [4.78, 5) is 59.3. The van der Waals surface area contributed by atoms with Gasteiger partial charge in [-0.1, -0.05) is 101 Å². The first-order chi connectivity index (χ1) is 30.1. The number of carbonyl (C=O) groups is 5. The van der Waals surface area contributed by atoms with E-state index in [1.165, 1.54) is 51.4 Å². The van der Waals surface area contributed by atoms with Gasteiger partial charge in [0, 0.05) is 38.8 Å². The molecule has 1 rings (SSSR count). The largest absolute Gasteiger partial charge is 0.461 e. The van der Waals surface area contributed by atoms with E-state index < -0.39 is 23.6 Å². The van der Waals surface area contributed by atoms with Crippen molar-refractivity contribution in [3.05, 3.63) is 35.9 Å². The Morgan fingerprint density at radius 2 is 1.02 bits per heavy atom. The highest BCUT2D eigenvalue weighted by atomic mass is 16.6. The van der Waals surface area contributed by atoms with E-state index in [0.717, 1.165) is 31.2 Å². The number of unbranched alkanes of at least 4 members (excludes halogenated alkanes) is 11. The van der Waals surface area contributed by atoms with Gasteiger partial charge < -0.3 is 43.8 Å². The van der Waals surface area contributed by atoms with Crippen LogP contribution in [-0.2, 0) is 63.7 Å². The monoisotopic (exact) mass is 895 g/mol. The van der Waals surface area contributed by atoms with Crippen LogP contribution in [0.3, 0.4) is 0 Å². The van der Waals surface area contributed by atoms with Crippen LogP contribution in [0.2, 0.25) is 0 Å². The number of rotatable bonds is 36. The Balaban J connectivity index is 0.00000133. The molecule has 0 aliphatic rings. The van der Waals surface area contributed by atoms with Gasteiger partial charge in [0.2, 0.25) is 11.8 Å². The average Bonchev–Trinajstić information content (AvgIpc) is 3.22. The molecule has 364 valence electrons. The predicted molar refractivity (Wildman–Crippen MR) is 246 cm³/mol. The molecule has 0 bridgehead atoms. The van der Waals surface area contributed by atoms with Crippen molar-refractivity contribution < 1.29 is 57.1 Å². The fourth-order valence-corrected chi connectivity index (χ4v) is 5.86. The summed E-state index contributed by atoms with van der Waals surface area (Å²) in [5.41, 5.74) is -0.155. The lowest BCUT2D eigenvalue weighted by Crippen LogP contribution is -2.44. The van der Waals surface area contributed by atoms with E-state index in [0.29, 0.717) is 72.2 Å². The number of amides is 2. The van der Waals surface area contributed by atoms with E-state index in [4.69, 9.17) is 33.2 Å². The molecule has 1 unspecified atom stereocenters. The van der Waals surface area contributed by atoms with Gasteiger partial charge in [0.1, 0.15) is 23.9 Å². The van der Waals surface area contributed by atoms with Gasteiger partial charge in [-0.05, 0) is 73.3 Å². The van der Waals surface area contributed by atoms with E-state index in [-0.39, 0.29) is 49.3 Å². The smallest absolute Gasteiger partial charge is 0.329 e. The summed E-state index contributed by atoms with van der Waals surface area (Å²) >= 11 is 0. The lowest BCUT2D eigenvalue weighted by molar-refractivity contribution is -0.159. The highest BCUT2D eigenvalue weighted by Gasteiger charge is 2.27. The minimum Gasteiger partial charge on any atom is -0.461 e. The number of ether oxygens (including phenoxy) is 7. The fraction of sp³-hybridized carbons (Fsp3) is 0.776. The maximum absolute atomic E-state index is 12.2. The zero-order chi connectivity index (χ0) is 47.0. The van der Waals surface area contributed by atoms with Gasteiger partial charge in [-0.2, -0.15) is 0 Å². The van der Waals surface area contributed by atoms with Crippen LogP contribution >= 0.6 is 0 Å². The predicted octanol–water partition coefficient (Wildman–Crippen LogP) is 8.74. The van der Waals surface area contributed by atoms with Gasteiger partial charge in [-0.15, -0.1) is 0 Å². The summed E-state index contributed by atoms with van der Waals surface area (Å²) in [6.45, 7) is 19.9. The van der Waals surface area contributed by atoms with Gasteiger partial charge in [0.15, 0.2) is 0 Å². The van der Waals surface area contributed by atoms with Crippen molar-refractivity contribution in [2.24, 2.45) is 0 Å². The van der Waals surface area contributed by atoms with Crippen molar-refractivity contribution in [1.29, 1.82) is 0 Å². The van der Waals surface area contributed by atoms with E-state index in [9.17, 15) is 24.0 Å². The normalized spacial score (nSPS) is 11.8. The second-order valence-corrected chi connectivity index (χ2v) is 17.4. The molecule has 0 fully saturated rings. The maximum Gasteiger partial charge on any atom is 0.329 e. The molecule has 14 nitrogen and oxygen atoms in total. The lowest BCUT2D eigenvalue weighted by Gasteiger charge is -2.24.